The third-order valence-electron chi connectivity index (χ3n) is 4.75. The quantitative estimate of drug-likeness (QED) is 0.481. The molecule has 1 amide bonds. The number of nitrogens with zero attached hydrogens (tertiary/aromatic N) is 1. The van der Waals surface area contributed by atoms with Crippen molar-refractivity contribution in [1.29, 1.82) is 0 Å². The summed E-state index contributed by atoms with van der Waals surface area (Å²) in [6.45, 7) is 10.1. The van der Waals surface area contributed by atoms with E-state index in [1.54, 1.807) is 24.4 Å². The SMILES string of the molecule is C=C/C=C\C=C(/C)COC(=O)N1CCCC1C(=O)c1c[nH]c2cc(F)ccc12.CC. The third kappa shape index (κ3) is 5.47. The number of halogens is 1. The van der Waals surface area contributed by atoms with Crippen LogP contribution in [-0.4, -0.2) is 41.0 Å². The van der Waals surface area contributed by atoms with Gasteiger partial charge < -0.3 is 9.72 Å². The predicted octanol–water partition coefficient (Wildman–Crippen LogP) is 5.81. The number of amides is 1. The molecule has 0 radical (unpaired) electrons. The van der Waals surface area contributed by atoms with Crippen LogP contribution in [0.1, 0.15) is 44.0 Å². The van der Waals surface area contributed by atoms with Gasteiger partial charge in [0, 0.05) is 29.2 Å². The Morgan fingerprint density at radius 2 is 2.10 bits per heavy atom. The fourth-order valence-electron chi connectivity index (χ4n) is 3.34. The molecule has 0 spiro atoms. The maximum absolute atomic E-state index is 13.4. The number of nitrogens with one attached hydrogen (secondary N) is 1. The van der Waals surface area contributed by atoms with Crippen LogP contribution in [0.4, 0.5) is 9.18 Å². The summed E-state index contributed by atoms with van der Waals surface area (Å²) >= 11 is 0. The van der Waals surface area contributed by atoms with Crippen molar-refractivity contribution in [1.82, 2.24) is 9.88 Å². The van der Waals surface area contributed by atoms with E-state index in [1.165, 1.54) is 17.0 Å². The number of Topliss-reactive ketones (excluding diaryl/α,β-unsaturated/α-hetero) is 1. The van der Waals surface area contributed by atoms with Crippen LogP contribution >= 0.6 is 0 Å². The van der Waals surface area contributed by atoms with E-state index in [-0.39, 0.29) is 18.2 Å². The number of ether oxygens (including phenoxy) is 1. The van der Waals surface area contributed by atoms with Crippen molar-refractivity contribution in [3.63, 3.8) is 0 Å². The van der Waals surface area contributed by atoms with Crippen molar-refractivity contribution < 1.29 is 18.7 Å². The largest absolute Gasteiger partial charge is 0.445 e. The molecule has 2 heterocycles. The lowest BCUT2D eigenvalue weighted by atomic mass is 10.0. The molecule has 0 saturated carbocycles. The number of H-pyrrole nitrogens is 1. The topological polar surface area (TPSA) is 62.4 Å². The first-order chi connectivity index (χ1) is 14.5. The van der Waals surface area contributed by atoms with Gasteiger partial charge in [-0.05, 0) is 43.5 Å². The molecule has 0 aliphatic carbocycles. The Balaban J connectivity index is 0.00000155. The van der Waals surface area contributed by atoms with E-state index in [0.717, 1.165) is 12.0 Å². The predicted molar refractivity (Wildman–Crippen MR) is 118 cm³/mol. The van der Waals surface area contributed by atoms with Crippen molar-refractivity contribution in [3.05, 3.63) is 72.2 Å². The number of hydrogen-bond donors (Lipinski definition) is 1. The lowest BCUT2D eigenvalue weighted by molar-refractivity contribution is 0.0785. The Kier molecular flexibility index (Phi) is 8.59. The van der Waals surface area contributed by atoms with Gasteiger partial charge >= 0.3 is 6.09 Å². The van der Waals surface area contributed by atoms with Gasteiger partial charge in [0.15, 0.2) is 5.78 Å². The molecule has 160 valence electrons. The van der Waals surface area contributed by atoms with Crippen LogP contribution in [-0.2, 0) is 4.74 Å². The first-order valence-electron chi connectivity index (χ1n) is 10.2. The number of ketones is 1. The van der Waals surface area contributed by atoms with Gasteiger partial charge in [-0.1, -0.05) is 44.7 Å². The molecule has 1 N–H and O–H groups in total. The minimum Gasteiger partial charge on any atom is -0.445 e. The number of likely N-dealkylation sites (tertiary alicyclic amines) is 1. The number of carbonyl (C=O) groups is 2. The van der Waals surface area contributed by atoms with Gasteiger partial charge in [0.1, 0.15) is 12.4 Å². The summed E-state index contributed by atoms with van der Waals surface area (Å²) in [5, 5.41) is 0.652. The van der Waals surface area contributed by atoms with E-state index in [4.69, 9.17) is 4.74 Å². The number of rotatable bonds is 6. The number of aromatic nitrogens is 1. The summed E-state index contributed by atoms with van der Waals surface area (Å²) in [6, 6.07) is 3.69. The van der Waals surface area contributed by atoms with Crippen LogP contribution in [0.25, 0.3) is 10.9 Å². The summed E-state index contributed by atoms with van der Waals surface area (Å²) in [4.78, 5) is 30.0. The van der Waals surface area contributed by atoms with Gasteiger partial charge in [0.2, 0.25) is 0 Å². The number of allylic oxidation sites excluding steroid dienone is 4. The number of benzene rings is 1. The van der Waals surface area contributed by atoms with E-state index in [0.29, 0.717) is 29.4 Å². The fourth-order valence-corrected chi connectivity index (χ4v) is 3.34. The van der Waals surface area contributed by atoms with Crippen LogP contribution in [0.3, 0.4) is 0 Å². The molecule has 1 aliphatic heterocycles. The second kappa shape index (κ2) is 11.1. The lowest BCUT2D eigenvalue weighted by Gasteiger charge is -2.23. The molecule has 1 aliphatic rings. The summed E-state index contributed by atoms with van der Waals surface area (Å²) in [5.41, 5.74) is 1.90. The molecular weight excluding hydrogens is 383 g/mol. The Labute approximate surface area is 176 Å². The van der Waals surface area contributed by atoms with E-state index in [2.05, 4.69) is 11.6 Å². The Morgan fingerprint density at radius 3 is 2.83 bits per heavy atom. The molecule has 0 bridgehead atoms. The highest BCUT2D eigenvalue weighted by Crippen LogP contribution is 2.26. The van der Waals surface area contributed by atoms with Gasteiger partial charge in [0.05, 0.1) is 6.04 Å². The first kappa shape index (κ1) is 23.1. The molecular formula is C24H29FN2O3. The normalized spacial score (nSPS) is 16.5. The minimum absolute atomic E-state index is 0.157. The van der Waals surface area contributed by atoms with Gasteiger partial charge in [0.25, 0.3) is 0 Å². The molecule has 1 unspecified atom stereocenters. The Bertz CT molecular complexity index is 959. The van der Waals surface area contributed by atoms with Crippen LogP contribution in [0.15, 0.2) is 60.9 Å². The highest BCUT2D eigenvalue weighted by atomic mass is 19.1. The zero-order valence-electron chi connectivity index (χ0n) is 17.8. The summed E-state index contributed by atoms with van der Waals surface area (Å²) in [6.07, 6.45) is 9.50. The molecule has 1 aromatic heterocycles. The smallest absolute Gasteiger partial charge is 0.410 e. The molecule has 1 saturated heterocycles. The van der Waals surface area contributed by atoms with Crippen molar-refractivity contribution in [2.24, 2.45) is 0 Å². The van der Waals surface area contributed by atoms with Gasteiger partial charge in [-0.3, -0.25) is 9.69 Å². The number of carbonyl (C=O) groups excluding carboxylic acids is 2. The fraction of sp³-hybridized carbons (Fsp3) is 0.333. The van der Waals surface area contributed by atoms with Crippen LogP contribution in [0.2, 0.25) is 0 Å². The van der Waals surface area contributed by atoms with E-state index < -0.39 is 12.1 Å². The third-order valence-corrected chi connectivity index (χ3v) is 4.75. The maximum Gasteiger partial charge on any atom is 0.410 e. The standard InChI is InChI=1S/C22H23FN2O3.C2H6/c1-3-4-5-7-15(2)14-28-22(27)25-11-6-8-20(25)21(26)18-13-24-19-12-16(23)9-10-17(18)19;1-2/h3-5,7,9-10,12-13,20,24H,1,6,8,11,14H2,2H3;1-2H3/b5-4-,15-7+;. The summed E-state index contributed by atoms with van der Waals surface area (Å²) < 4.78 is 18.7. The molecule has 6 heteroatoms. The number of hydrogen-bond acceptors (Lipinski definition) is 3. The van der Waals surface area contributed by atoms with Crippen molar-refractivity contribution in [2.75, 3.05) is 13.2 Å². The first-order valence-corrected chi connectivity index (χ1v) is 10.2. The minimum atomic E-state index is -0.568. The molecule has 1 aromatic carbocycles. The maximum atomic E-state index is 13.4. The van der Waals surface area contributed by atoms with E-state index in [9.17, 15) is 14.0 Å². The molecule has 30 heavy (non-hydrogen) atoms. The zero-order chi connectivity index (χ0) is 22.1. The Morgan fingerprint density at radius 1 is 1.33 bits per heavy atom. The average Bonchev–Trinajstić information content (AvgIpc) is 3.40. The molecule has 2 aromatic rings. The van der Waals surface area contributed by atoms with Crippen molar-refractivity contribution >= 4 is 22.8 Å². The monoisotopic (exact) mass is 412 g/mol. The zero-order valence-corrected chi connectivity index (χ0v) is 17.8. The van der Waals surface area contributed by atoms with Crippen molar-refractivity contribution in [2.45, 2.75) is 39.7 Å². The van der Waals surface area contributed by atoms with Crippen molar-refractivity contribution in [3.8, 4) is 0 Å². The van der Waals surface area contributed by atoms with E-state index >= 15 is 0 Å². The highest BCUT2D eigenvalue weighted by Gasteiger charge is 2.36. The molecule has 1 fully saturated rings. The summed E-state index contributed by atoms with van der Waals surface area (Å²) in [7, 11) is 0. The van der Waals surface area contributed by atoms with E-state index in [1.807, 2.05) is 32.9 Å². The molecule has 3 rings (SSSR count). The number of aromatic amines is 1. The lowest BCUT2D eigenvalue weighted by Crippen LogP contribution is -2.41. The van der Waals surface area contributed by atoms with Crippen LogP contribution in [0.5, 0.6) is 0 Å². The Hall–Kier alpha value is -3.15. The molecule has 5 nitrogen and oxygen atoms in total. The average molecular weight is 413 g/mol. The molecule has 1 atom stereocenters. The summed E-state index contributed by atoms with van der Waals surface area (Å²) in [5.74, 6) is -0.528. The number of fused-ring (bicyclic) bond motifs is 1. The van der Waals surface area contributed by atoms with Gasteiger partial charge in [-0.25, -0.2) is 9.18 Å². The van der Waals surface area contributed by atoms with Crippen LogP contribution in [0, 0.1) is 5.82 Å². The van der Waals surface area contributed by atoms with Gasteiger partial charge in [-0.15, -0.1) is 0 Å². The second-order valence-corrected chi connectivity index (χ2v) is 6.80. The van der Waals surface area contributed by atoms with Crippen LogP contribution < -0.4 is 0 Å². The second-order valence-electron chi connectivity index (χ2n) is 6.80. The highest BCUT2D eigenvalue weighted by molar-refractivity contribution is 6.11. The van der Waals surface area contributed by atoms with Gasteiger partial charge in [-0.2, -0.15) is 0 Å².